The van der Waals surface area contributed by atoms with Gasteiger partial charge >= 0.3 is 23.9 Å². The zero-order valence-corrected chi connectivity index (χ0v) is 24.5. The van der Waals surface area contributed by atoms with Gasteiger partial charge in [-0.15, -0.1) is 0 Å². The smallest absolute Gasteiger partial charge is 0.341 e. The first-order chi connectivity index (χ1) is 18.8. The topological polar surface area (TPSA) is 135 Å². The first kappa shape index (κ1) is 31.5. The maximum Gasteiger partial charge on any atom is 0.341 e. The Hall–Kier alpha value is -3.01. The van der Waals surface area contributed by atoms with Gasteiger partial charge in [0.25, 0.3) is 0 Å². The van der Waals surface area contributed by atoms with Crippen LogP contribution in [0.4, 0.5) is 0 Å². The van der Waals surface area contributed by atoms with Gasteiger partial charge in [0.1, 0.15) is 18.0 Å². The second kappa shape index (κ2) is 12.7. The van der Waals surface area contributed by atoms with E-state index >= 15 is 0 Å². The van der Waals surface area contributed by atoms with E-state index in [-0.39, 0.29) is 31.1 Å². The van der Waals surface area contributed by atoms with E-state index in [2.05, 4.69) is 6.58 Å². The molecule has 1 heterocycles. The van der Waals surface area contributed by atoms with Crippen molar-refractivity contribution in [2.75, 3.05) is 13.7 Å². The van der Waals surface area contributed by atoms with Crippen LogP contribution in [0.3, 0.4) is 0 Å². The standard InChI is InChI=1S/C30H42O10/c1-9-15(3)11-22(33)39-27-17(5)20-13-21(32)24(18(6)38-19(7)31)25(20)26(30(14-37-30)29(35)36-8)28(27)40-23(34)12-16(4)10-2/h12,15,18,20,24-28H,5,9-11,13-14H2,1-4,6-8H3/b16-12+/t15-,18-,20+,24+,25-,26+,27+,28+,30-/m0/s1. The third kappa shape index (κ3) is 6.32. The van der Waals surface area contributed by atoms with E-state index < -0.39 is 71.5 Å². The molecule has 2 saturated carbocycles. The minimum atomic E-state index is -1.53. The summed E-state index contributed by atoms with van der Waals surface area (Å²) in [5, 5.41) is 0. The molecule has 222 valence electrons. The van der Waals surface area contributed by atoms with Crippen LogP contribution in [0.2, 0.25) is 0 Å². The Morgan fingerprint density at radius 1 is 1.15 bits per heavy atom. The number of rotatable bonds is 11. The molecule has 0 radical (unpaired) electrons. The maximum atomic E-state index is 13.5. The lowest BCUT2D eigenvalue weighted by atomic mass is 9.61. The number of carbonyl (C=O) groups is 5. The predicted molar refractivity (Wildman–Crippen MR) is 143 cm³/mol. The SMILES string of the molecule is C=C1[C@H]2CC(=O)[C@@H]([C@H](C)OC(C)=O)[C@H]2[C@@H]([C@]2(C(=O)OC)CO2)[C@@H](OC(=O)/C=C(\C)CC)[C@@H]1OC(=O)C[C@@H](C)CC. The normalized spacial score (nSPS) is 32.9. The van der Waals surface area contributed by atoms with Crippen molar-refractivity contribution in [3.8, 4) is 0 Å². The highest BCUT2D eigenvalue weighted by Crippen LogP contribution is 2.58. The summed E-state index contributed by atoms with van der Waals surface area (Å²) in [4.78, 5) is 64.6. The van der Waals surface area contributed by atoms with Crippen molar-refractivity contribution in [3.05, 3.63) is 23.8 Å². The summed E-state index contributed by atoms with van der Waals surface area (Å²) in [6, 6.07) is 0. The van der Waals surface area contributed by atoms with Gasteiger partial charge in [0.2, 0.25) is 0 Å². The van der Waals surface area contributed by atoms with Gasteiger partial charge in [-0.3, -0.25) is 14.4 Å². The van der Waals surface area contributed by atoms with E-state index in [1.165, 1.54) is 20.1 Å². The second-order valence-electron chi connectivity index (χ2n) is 11.3. The Morgan fingerprint density at radius 3 is 2.33 bits per heavy atom. The number of ketones is 1. The summed E-state index contributed by atoms with van der Waals surface area (Å²) in [6.45, 7) is 14.6. The fraction of sp³-hybridized carbons (Fsp3) is 0.700. The van der Waals surface area contributed by atoms with Gasteiger partial charge in [0.15, 0.2) is 11.7 Å². The molecule has 0 aromatic rings. The Labute approximate surface area is 235 Å². The lowest BCUT2D eigenvalue weighted by Gasteiger charge is -2.48. The molecule has 40 heavy (non-hydrogen) atoms. The zero-order valence-electron chi connectivity index (χ0n) is 24.5. The first-order valence-corrected chi connectivity index (χ1v) is 14.0. The summed E-state index contributed by atoms with van der Waals surface area (Å²) in [6.07, 6.45) is -0.253. The van der Waals surface area contributed by atoms with Gasteiger partial charge in [0.05, 0.1) is 19.6 Å². The van der Waals surface area contributed by atoms with Crippen molar-refractivity contribution in [1.82, 2.24) is 0 Å². The number of ether oxygens (including phenoxy) is 5. The second-order valence-corrected chi connectivity index (χ2v) is 11.3. The Balaban J connectivity index is 2.15. The molecule has 0 spiro atoms. The molecular formula is C30H42O10. The van der Waals surface area contributed by atoms with Crippen LogP contribution < -0.4 is 0 Å². The quantitative estimate of drug-likeness (QED) is 0.121. The van der Waals surface area contributed by atoms with Crippen LogP contribution in [-0.2, 0) is 47.7 Å². The Morgan fingerprint density at radius 2 is 1.80 bits per heavy atom. The first-order valence-electron chi connectivity index (χ1n) is 14.0. The average Bonchev–Trinajstić information content (AvgIpc) is 3.61. The highest BCUT2D eigenvalue weighted by Gasteiger charge is 2.72. The molecule has 1 saturated heterocycles. The molecule has 0 unspecified atom stereocenters. The lowest BCUT2D eigenvalue weighted by molar-refractivity contribution is -0.186. The highest BCUT2D eigenvalue weighted by molar-refractivity contribution is 5.88. The van der Waals surface area contributed by atoms with Crippen LogP contribution in [0.15, 0.2) is 23.8 Å². The molecule has 0 amide bonds. The van der Waals surface area contributed by atoms with Crippen molar-refractivity contribution in [2.24, 2.45) is 29.6 Å². The number of hydrogen-bond acceptors (Lipinski definition) is 10. The Kier molecular flexibility index (Phi) is 9.98. The van der Waals surface area contributed by atoms with Crippen molar-refractivity contribution < 1.29 is 47.7 Å². The third-order valence-corrected chi connectivity index (χ3v) is 8.61. The van der Waals surface area contributed by atoms with E-state index in [4.69, 9.17) is 23.7 Å². The van der Waals surface area contributed by atoms with Crippen LogP contribution in [0.1, 0.15) is 67.2 Å². The van der Waals surface area contributed by atoms with Crippen molar-refractivity contribution in [3.63, 3.8) is 0 Å². The van der Waals surface area contributed by atoms with Gasteiger partial charge in [-0.2, -0.15) is 0 Å². The van der Waals surface area contributed by atoms with Crippen LogP contribution in [0, 0.1) is 29.6 Å². The lowest BCUT2D eigenvalue weighted by Crippen LogP contribution is -2.59. The van der Waals surface area contributed by atoms with Gasteiger partial charge in [-0.1, -0.05) is 39.3 Å². The number of hydrogen-bond donors (Lipinski definition) is 0. The summed E-state index contributed by atoms with van der Waals surface area (Å²) in [7, 11) is 1.22. The number of epoxide rings is 1. The van der Waals surface area contributed by atoms with Gasteiger partial charge in [-0.05, 0) is 43.6 Å². The molecule has 3 aliphatic rings. The van der Waals surface area contributed by atoms with Crippen LogP contribution >= 0.6 is 0 Å². The molecule has 0 aromatic heterocycles. The molecule has 0 bridgehead atoms. The van der Waals surface area contributed by atoms with E-state index in [1.54, 1.807) is 13.8 Å². The molecule has 9 atom stereocenters. The molecule has 10 nitrogen and oxygen atoms in total. The van der Waals surface area contributed by atoms with Crippen LogP contribution in [-0.4, -0.2) is 67.3 Å². The fourth-order valence-electron chi connectivity index (χ4n) is 6.19. The third-order valence-electron chi connectivity index (χ3n) is 8.61. The van der Waals surface area contributed by atoms with E-state index in [0.717, 1.165) is 12.0 Å². The maximum absolute atomic E-state index is 13.5. The minimum Gasteiger partial charge on any atom is -0.467 e. The van der Waals surface area contributed by atoms with E-state index in [1.807, 2.05) is 20.8 Å². The molecular weight excluding hydrogens is 520 g/mol. The van der Waals surface area contributed by atoms with Crippen molar-refractivity contribution in [1.29, 1.82) is 0 Å². The largest absolute Gasteiger partial charge is 0.467 e. The number of allylic oxidation sites excluding steroid dienone is 1. The summed E-state index contributed by atoms with van der Waals surface area (Å²) in [5.41, 5.74) is -0.353. The van der Waals surface area contributed by atoms with Gasteiger partial charge in [-0.25, -0.2) is 9.59 Å². The molecule has 3 fully saturated rings. The van der Waals surface area contributed by atoms with E-state index in [9.17, 15) is 24.0 Å². The molecule has 10 heteroatoms. The molecule has 3 rings (SSSR count). The monoisotopic (exact) mass is 562 g/mol. The van der Waals surface area contributed by atoms with Crippen molar-refractivity contribution in [2.45, 2.75) is 91.1 Å². The predicted octanol–water partition coefficient (Wildman–Crippen LogP) is 3.50. The number of Topliss-reactive ketones (excluding diaryl/α,β-unsaturated/α-hetero) is 1. The van der Waals surface area contributed by atoms with Gasteiger partial charge in [0, 0.05) is 31.8 Å². The van der Waals surface area contributed by atoms with E-state index in [0.29, 0.717) is 12.0 Å². The summed E-state index contributed by atoms with van der Waals surface area (Å²) in [5.74, 6) is -5.51. The average molecular weight is 563 g/mol. The van der Waals surface area contributed by atoms with Crippen LogP contribution in [0.5, 0.6) is 0 Å². The fourth-order valence-corrected chi connectivity index (χ4v) is 6.19. The molecule has 2 aliphatic carbocycles. The highest BCUT2D eigenvalue weighted by atomic mass is 16.6. The molecule has 0 aromatic carbocycles. The number of fused-ring (bicyclic) bond motifs is 1. The summed E-state index contributed by atoms with van der Waals surface area (Å²) >= 11 is 0. The van der Waals surface area contributed by atoms with Gasteiger partial charge < -0.3 is 23.7 Å². The van der Waals surface area contributed by atoms with Crippen LogP contribution in [0.25, 0.3) is 0 Å². The minimum absolute atomic E-state index is 0.0334. The summed E-state index contributed by atoms with van der Waals surface area (Å²) < 4.78 is 28.2. The number of carbonyl (C=O) groups excluding carboxylic acids is 5. The van der Waals surface area contributed by atoms with Crippen molar-refractivity contribution >= 4 is 29.7 Å². The number of esters is 4. The molecule has 1 aliphatic heterocycles. The molecule has 0 N–H and O–H groups in total. The number of methoxy groups -OCH3 is 1. The Bertz CT molecular complexity index is 1070. The zero-order chi connectivity index (χ0) is 29.9.